The molecule has 2 aromatic rings. The van der Waals surface area contributed by atoms with E-state index in [9.17, 15) is 4.79 Å². The number of nitrogens with one attached hydrogen (secondary N) is 1. The van der Waals surface area contributed by atoms with Crippen LogP contribution < -0.4 is 14.8 Å². The van der Waals surface area contributed by atoms with Crippen molar-refractivity contribution in [2.45, 2.75) is 33.6 Å². The number of aryl methyl sites for hydroxylation is 3. The summed E-state index contributed by atoms with van der Waals surface area (Å²) >= 11 is 6.13. The van der Waals surface area contributed by atoms with E-state index < -0.39 is 0 Å². The summed E-state index contributed by atoms with van der Waals surface area (Å²) in [5, 5.41) is 3.62. The first kappa shape index (κ1) is 20.1. The van der Waals surface area contributed by atoms with Crippen LogP contribution in [-0.2, 0) is 11.2 Å². The van der Waals surface area contributed by atoms with Crippen LogP contribution in [0.4, 0.5) is 0 Å². The summed E-state index contributed by atoms with van der Waals surface area (Å²) < 4.78 is 11.2. The van der Waals surface area contributed by atoms with Gasteiger partial charge in [-0.2, -0.15) is 0 Å². The highest BCUT2D eigenvalue weighted by Crippen LogP contribution is 2.25. The summed E-state index contributed by atoms with van der Waals surface area (Å²) in [5.41, 5.74) is 3.04. The molecule has 5 heteroatoms. The molecule has 2 aromatic carbocycles. The van der Waals surface area contributed by atoms with Crippen molar-refractivity contribution in [3.63, 3.8) is 0 Å². The Morgan fingerprint density at radius 3 is 2.50 bits per heavy atom. The van der Waals surface area contributed by atoms with Crippen molar-refractivity contribution in [3.05, 3.63) is 58.1 Å². The Labute approximate surface area is 160 Å². The molecule has 0 aliphatic heterocycles. The third-order valence-corrected chi connectivity index (χ3v) is 4.59. The van der Waals surface area contributed by atoms with Gasteiger partial charge in [-0.25, -0.2) is 0 Å². The molecule has 2 rings (SSSR count). The fourth-order valence-corrected chi connectivity index (χ4v) is 2.81. The maximum absolute atomic E-state index is 11.9. The topological polar surface area (TPSA) is 47.6 Å². The number of ether oxygens (including phenoxy) is 2. The van der Waals surface area contributed by atoms with Crippen LogP contribution in [0.25, 0.3) is 0 Å². The lowest BCUT2D eigenvalue weighted by molar-refractivity contribution is -0.123. The van der Waals surface area contributed by atoms with Crippen molar-refractivity contribution >= 4 is 17.5 Å². The van der Waals surface area contributed by atoms with Crippen molar-refractivity contribution < 1.29 is 14.3 Å². The Balaban J connectivity index is 1.73. The van der Waals surface area contributed by atoms with E-state index in [4.69, 9.17) is 21.1 Å². The zero-order valence-electron chi connectivity index (χ0n) is 15.6. The number of carbonyl (C=O) groups is 1. The first-order chi connectivity index (χ1) is 12.5. The van der Waals surface area contributed by atoms with E-state index in [1.165, 1.54) is 0 Å². The van der Waals surface area contributed by atoms with Gasteiger partial charge in [-0.05, 0) is 68.5 Å². The van der Waals surface area contributed by atoms with Gasteiger partial charge in [-0.3, -0.25) is 4.79 Å². The molecule has 0 fully saturated rings. The van der Waals surface area contributed by atoms with E-state index in [0.29, 0.717) is 18.9 Å². The zero-order valence-corrected chi connectivity index (χ0v) is 16.4. The van der Waals surface area contributed by atoms with Gasteiger partial charge in [-0.15, -0.1) is 0 Å². The summed E-state index contributed by atoms with van der Waals surface area (Å²) in [4.78, 5) is 11.9. The Morgan fingerprint density at radius 1 is 1.12 bits per heavy atom. The second-order valence-electron chi connectivity index (χ2n) is 6.15. The predicted octanol–water partition coefficient (Wildman–Crippen LogP) is 4.48. The van der Waals surface area contributed by atoms with Crippen LogP contribution in [0.1, 0.15) is 30.0 Å². The Bertz CT molecular complexity index is 723. The third-order valence-electron chi connectivity index (χ3n) is 4.00. The Hall–Kier alpha value is -2.20. The SMILES string of the molecule is CCOc1ccccc1CCCNC(=O)COc1cc(C)c(Cl)c(C)c1. The second kappa shape index (κ2) is 10.1. The third kappa shape index (κ3) is 5.95. The molecular weight excluding hydrogens is 350 g/mol. The molecule has 0 saturated carbocycles. The van der Waals surface area contributed by atoms with Crippen LogP contribution in [0, 0.1) is 13.8 Å². The maximum Gasteiger partial charge on any atom is 0.257 e. The minimum absolute atomic E-state index is 0.00392. The van der Waals surface area contributed by atoms with Gasteiger partial charge in [0.15, 0.2) is 6.61 Å². The van der Waals surface area contributed by atoms with Gasteiger partial charge in [0.1, 0.15) is 11.5 Å². The maximum atomic E-state index is 11.9. The smallest absolute Gasteiger partial charge is 0.257 e. The van der Waals surface area contributed by atoms with Crippen LogP contribution in [0.15, 0.2) is 36.4 Å². The van der Waals surface area contributed by atoms with E-state index in [-0.39, 0.29) is 12.5 Å². The number of hydrogen-bond donors (Lipinski definition) is 1. The molecule has 0 radical (unpaired) electrons. The van der Waals surface area contributed by atoms with Gasteiger partial charge >= 0.3 is 0 Å². The van der Waals surface area contributed by atoms with Gasteiger partial charge in [0.25, 0.3) is 5.91 Å². The van der Waals surface area contributed by atoms with Gasteiger partial charge in [-0.1, -0.05) is 29.8 Å². The van der Waals surface area contributed by atoms with Gasteiger partial charge in [0.05, 0.1) is 6.61 Å². The molecule has 0 heterocycles. The average molecular weight is 376 g/mol. The molecule has 0 bridgehead atoms. The number of rotatable bonds is 9. The van der Waals surface area contributed by atoms with Crippen molar-refractivity contribution in [2.75, 3.05) is 19.8 Å². The van der Waals surface area contributed by atoms with E-state index in [1.54, 1.807) is 0 Å². The molecule has 4 nitrogen and oxygen atoms in total. The minimum Gasteiger partial charge on any atom is -0.494 e. The predicted molar refractivity (Wildman–Crippen MR) is 105 cm³/mol. The highest BCUT2D eigenvalue weighted by atomic mass is 35.5. The molecule has 26 heavy (non-hydrogen) atoms. The second-order valence-corrected chi connectivity index (χ2v) is 6.53. The lowest BCUT2D eigenvalue weighted by Gasteiger charge is -2.11. The number of benzene rings is 2. The minimum atomic E-state index is -0.131. The standard InChI is InChI=1S/C21H26ClNO3/c1-4-25-19-10-6-5-8-17(19)9-7-11-23-20(24)14-26-18-12-15(2)21(22)16(3)13-18/h5-6,8,10,12-13H,4,7,9,11,14H2,1-3H3,(H,23,24). The largest absolute Gasteiger partial charge is 0.494 e. The quantitative estimate of drug-likeness (QED) is 0.657. The summed E-state index contributed by atoms with van der Waals surface area (Å²) in [6.07, 6.45) is 1.70. The Morgan fingerprint density at radius 2 is 1.81 bits per heavy atom. The molecular formula is C21H26ClNO3. The number of hydrogen-bond acceptors (Lipinski definition) is 3. The van der Waals surface area contributed by atoms with Crippen LogP contribution in [0.2, 0.25) is 5.02 Å². The van der Waals surface area contributed by atoms with Gasteiger partial charge in [0, 0.05) is 11.6 Å². The van der Waals surface area contributed by atoms with Crippen LogP contribution >= 0.6 is 11.6 Å². The van der Waals surface area contributed by atoms with Crippen molar-refractivity contribution in [1.82, 2.24) is 5.32 Å². The number of amides is 1. The molecule has 140 valence electrons. The molecule has 0 aliphatic carbocycles. The van der Waals surface area contributed by atoms with Gasteiger partial charge in [0.2, 0.25) is 0 Å². The summed E-state index contributed by atoms with van der Waals surface area (Å²) in [5.74, 6) is 1.44. The normalized spacial score (nSPS) is 10.5. The average Bonchev–Trinajstić information content (AvgIpc) is 2.63. The summed E-state index contributed by atoms with van der Waals surface area (Å²) in [7, 11) is 0. The fraction of sp³-hybridized carbons (Fsp3) is 0.381. The summed E-state index contributed by atoms with van der Waals surface area (Å²) in [6, 6.07) is 11.7. The lowest BCUT2D eigenvalue weighted by atomic mass is 10.1. The first-order valence-corrected chi connectivity index (χ1v) is 9.26. The van der Waals surface area contributed by atoms with E-state index in [0.717, 1.165) is 40.3 Å². The zero-order chi connectivity index (χ0) is 18.9. The molecule has 0 aromatic heterocycles. The fourth-order valence-electron chi connectivity index (χ4n) is 2.70. The van der Waals surface area contributed by atoms with Gasteiger partial charge < -0.3 is 14.8 Å². The van der Waals surface area contributed by atoms with Crippen molar-refractivity contribution in [2.24, 2.45) is 0 Å². The van der Waals surface area contributed by atoms with E-state index in [2.05, 4.69) is 11.4 Å². The molecule has 0 unspecified atom stereocenters. The molecule has 0 aliphatic rings. The summed E-state index contributed by atoms with van der Waals surface area (Å²) in [6.45, 7) is 7.05. The van der Waals surface area contributed by atoms with E-state index >= 15 is 0 Å². The number of carbonyl (C=O) groups excluding carboxylic acids is 1. The van der Waals surface area contributed by atoms with Crippen LogP contribution in [-0.4, -0.2) is 25.7 Å². The van der Waals surface area contributed by atoms with Crippen LogP contribution in [0.3, 0.4) is 0 Å². The highest BCUT2D eigenvalue weighted by molar-refractivity contribution is 6.32. The Kier molecular flexibility index (Phi) is 7.79. The van der Waals surface area contributed by atoms with Crippen molar-refractivity contribution in [1.29, 1.82) is 0 Å². The molecule has 0 saturated heterocycles. The molecule has 0 spiro atoms. The highest BCUT2D eigenvalue weighted by Gasteiger charge is 2.07. The number of halogens is 1. The number of para-hydroxylation sites is 1. The van der Waals surface area contributed by atoms with Crippen molar-refractivity contribution in [3.8, 4) is 11.5 Å². The first-order valence-electron chi connectivity index (χ1n) is 8.88. The lowest BCUT2D eigenvalue weighted by Crippen LogP contribution is -2.30. The van der Waals surface area contributed by atoms with Crippen LogP contribution in [0.5, 0.6) is 11.5 Å². The molecule has 1 amide bonds. The molecule has 0 atom stereocenters. The molecule has 1 N–H and O–H groups in total. The monoisotopic (exact) mass is 375 g/mol. The van der Waals surface area contributed by atoms with E-state index in [1.807, 2.05) is 51.1 Å².